The van der Waals surface area contributed by atoms with Gasteiger partial charge in [0, 0.05) is 5.75 Å². The number of aromatic nitrogens is 1. The van der Waals surface area contributed by atoms with Gasteiger partial charge in [-0.05, 0) is 40.7 Å². The maximum atomic E-state index is 13.0. The molecule has 1 aliphatic heterocycles. The molecule has 2 aromatic rings. The van der Waals surface area contributed by atoms with Gasteiger partial charge < -0.3 is 4.52 Å². The van der Waals surface area contributed by atoms with Crippen molar-refractivity contribution in [2.75, 3.05) is 10.5 Å². The van der Waals surface area contributed by atoms with Gasteiger partial charge in [-0.3, -0.25) is 0 Å². The van der Waals surface area contributed by atoms with E-state index in [9.17, 15) is 8.42 Å². The summed E-state index contributed by atoms with van der Waals surface area (Å²) in [6.45, 7) is 3.74. The van der Waals surface area contributed by atoms with Crippen LogP contribution >= 0.6 is 27.7 Å². The fraction of sp³-hybridized carbons (Fsp3) is 0.235. The molecule has 5 nitrogen and oxygen atoms in total. The number of hydrogen-bond acceptors (Lipinski definition) is 5. The number of hydrogen-bond donors (Lipinski definition) is 1. The van der Waals surface area contributed by atoms with Gasteiger partial charge in [-0.1, -0.05) is 53.2 Å². The van der Waals surface area contributed by atoms with Crippen LogP contribution in [-0.4, -0.2) is 24.1 Å². The number of nitrogens with one attached hydrogen (secondary N) is 1. The molecule has 25 heavy (non-hydrogen) atoms. The Labute approximate surface area is 159 Å². The summed E-state index contributed by atoms with van der Waals surface area (Å²) in [7, 11) is -3.77. The summed E-state index contributed by atoms with van der Waals surface area (Å²) in [5, 5.41) is 5.57. The van der Waals surface area contributed by atoms with Crippen LogP contribution in [0.4, 0.5) is 5.88 Å². The third kappa shape index (κ3) is 3.70. The zero-order chi connectivity index (χ0) is 18.1. The third-order valence-corrected chi connectivity index (χ3v) is 7.87. The lowest BCUT2D eigenvalue weighted by Crippen LogP contribution is -2.39. The van der Waals surface area contributed by atoms with E-state index < -0.39 is 14.8 Å². The molecule has 0 amide bonds. The van der Waals surface area contributed by atoms with Crippen LogP contribution in [0, 0.1) is 13.8 Å². The molecular weight excluding hydrogens is 424 g/mol. The molecule has 0 saturated heterocycles. The van der Waals surface area contributed by atoms with Crippen molar-refractivity contribution < 1.29 is 12.9 Å². The van der Waals surface area contributed by atoms with Gasteiger partial charge in [0.25, 0.3) is 5.88 Å². The van der Waals surface area contributed by atoms with Gasteiger partial charge in [0.2, 0.25) is 10.0 Å². The van der Waals surface area contributed by atoms with Crippen molar-refractivity contribution in [2.24, 2.45) is 0 Å². The molecule has 0 spiro atoms. The maximum absolute atomic E-state index is 13.0. The Kier molecular flexibility index (Phi) is 5.13. The highest BCUT2D eigenvalue weighted by molar-refractivity contribution is 9.10. The van der Waals surface area contributed by atoms with Gasteiger partial charge in [0.1, 0.15) is 9.22 Å². The molecule has 1 aliphatic rings. The van der Waals surface area contributed by atoms with Crippen molar-refractivity contribution in [3.63, 3.8) is 0 Å². The molecule has 8 heteroatoms. The molecule has 0 saturated carbocycles. The summed E-state index contributed by atoms with van der Waals surface area (Å²) < 4.78 is 33.0. The smallest absolute Gasteiger partial charge is 0.252 e. The van der Waals surface area contributed by atoms with Crippen LogP contribution in [0.3, 0.4) is 0 Å². The number of sulfonamides is 1. The Morgan fingerprint density at radius 2 is 2.04 bits per heavy atom. The molecule has 2 heterocycles. The molecule has 0 fully saturated rings. The summed E-state index contributed by atoms with van der Waals surface area (Å²) >= 11 is 4.74. The zero-order valence-corrected chi connectivity index (χ0v) is 16.9. The van der Waals surface area contributed by atoms with Gasteiger partial charge in [-0.2, -0.15) is 0 Å². The Hall–Kier alpha value is -1.51. The minimum atomic E-state index is -3.77. The summed E-state index contributed by atoms with van der Waals surface area (Å²) in [6.07, 6.45) is 5.24. The van der Waals surface area contributed by atoms with E-state index in [0.717, 1.165) is 11.1 Å². The molecule has 132 valence electrons. The lowest BCUT2D eigenvalue weighted by Gasteiger charge is -2.23. The standard InChI is InChI=1S/C17H17BrN2O3S2/c1-12-3-5-14(6-4-12)7-8-17(9-10-24-11-17)25(21,22)20-16-15(18)13(2)19-23-16/h3-10,20H,11H2,1-2H3/b8-7+. The average Bonchev–Trinajstić information content (AvgIpc) is 3.18. The fourth-order valence-electron chi connectivity index (χ4n) is 2.30. The summed E-state index contributed by atoms with van der Waals surface area (Å²) in [5.41, 5.74) is 2.68. The normalized spacial score (nSPS) is 20.4. The third-order valence-electron chi connectivity index (χ3n) is 3.91. The van der Waals surface area contributed by atoms with Crippen LogP contribution in [0.2, 0.25) is 0 Å². The van der Waals surface area contributed by atoms with Crippen molar-refractivity contribution in [2.45, 2.75) is 18.6 Å². The molecule has 1 unspecified atom stereocenters. The molecule has 1 aromatic carbocycles. The van der Waals surface area contributed by atoms with E-state index in [2.05, 4.69) is 25.8 Å². The van der Waals surface area contributed by atoms with Crippen molar-refractivity contribution in [1.29, 1.82) is 0 Å². The highest BCUT2D eigenvalue weighted by atomic mass is 79.9. The number of thioether (sulfide) groups is 1. The van der Waals surface area contributed by atoms with Gasteiger partial charge in [-0.25, -0.2) is 13.1 Å². The van der Waals surface area contributed by atoms with E-state index in [-0.39, 0.29) is 5.88 Å². The number of nitrogens with zero attached hydrogens (tertiary/aromatic N) is 1. The summed E-state index contributed by atoms with van der Waals surface area (Å²) in [6, 6.07) is 7.91. The van der Waals surface area contributed by atoms with Crippen molar-refractivity contribution in [3.8, 4) is 0 Å². The van der Waals surface area contributed by atoms with Crippen LogP contribution < -0.4 is 4.72 Å². The molecule has 0 radical (unpaired) electrons. The molecule has 1 atom stereocenters. The van der Waals surface area contributed by atoms with Crippen molar-refractivity contribution >= 4 is 49.7 Å². The van der Waals surface area contributed by atoms with E-state index in [1.807, 2.05) is 37.3 Å². The molecule has 0 bridgehead atoms. The Morgan fingerprint density at radius 1 is 1.32 bits per heavy atom. The first-order valence-electron chi connectivity index (χ1n) is 7.52. The second kappa shape index (κ2) is 7.01. The lowest BCUT2D eigenvalue weighted by molar-refractivity contribution is 0.430. The molecular formula is C17H17BrN2O3S2. The first kappa shape index (κ1) is 18.3. The van der Waals surface area contributed by atoms with Crippen LogP contribution in [0.5, 0.6) is 0 Å². The summed E-state index contributed by atoms with van der Waals surface area (Å²) in [4.78, 5) is 0. The van der Waals surface area contributed by atoms with Crippen molar-refractivity contribution in [1.82, 2.24) is 5.16 Å². The highest BCUT2D eigenvalue weighted by Gasteiger charge is 2.42. The number of rotatable bonds is 5. The minimum Gasteiger partial charge on any atom is -0.336 e. The molecule has 3 rings (SSSR count). The summed E-state index contributed by atoms with van der Waals surface area (Å²) in [5.74, 6) is 0.487. The average molecular weight is 441 g/mol. The predicted molar refractivity (Wildman–Crippen MR) is 106 cm³/mol. The minimum absolute atomic E-state index is 0.0888. The Bertz CT molecular complexity index is 933. The zero-order valence-electron chi connectivity index (χ0n) is 13.7. The number of benzene rings is 1. The second-order valence-electron chi connectivity index (χ2n) is 5.83. The number of halogens is 1. The van der Waals surface area contributed by atoms with Gasteiger partial charge in [-0.15, -0.1) is 11.8 Å². The predicted octanol–water partition coefficient (Wildman–Crippen LogP) is 4.51. The van der Waals surface area contributed by atoms with E-state index in [0.29, 0.717) is 15.9 Å². The van der Waals surface area contributed by atoms with Crippen LogP contribution in [0.15, 0.2) is 50.8 Å². The number of aryl methyl sites for hydroxylation is 2. The van der Waals surface area contributed by atoms with Crippen LogP contribution in [0.25, 0.3) is 6.08 Å². The molecule has 1 aromatic heterocycles. The maximum Gasteiger partial charge on any atom is 0.252 e. The molecule has 0 aliphatic carbocycles. The highest BCUT2D eigenvalue weighted by Crippen LogP contribution is 2.36. The topological polar surface area (TPSA) is 72.2 Å². The number of anilines is 1. The monoisotopic (exact) mass is 440 g/mol. The Balaban J connectivity index is 1.92. The van der Waals surface area contributed by atoms with E-state index >= 15 is 0 Å². The van der Waals surface area contributed by atoms with Crippen LogP contribution in [-0.2, 0) is 10.0 Å². The van der Waals surface area contributed by atoms with E-state index in [4.69, 9.17) is 4.52 Å². The lowest BCUT2D eigenvalue weighted by atomic mass is 10.1. The quantitative estimate of drug-likeness (QED) is 0.740. The molecule has 1 N–H and O–H groups in total. The van der Waals surface area contributed by atoms with E-state index in [1.54, 1.807) is 24.5 Å². The Morgan fingerprint density at radius 3 is 2.60 bits per heavy atom. The van der Waals surface area contributed by atoms with Gasteiger partial charge in [0.15, 0.2) is 0 Å². The van der Waals surface area contributed by atoms with Crippen molar-refractivity contribution in [3.05, 3.63) is 63.1 Å². The SMILES string of the molecule is Cc1ccc(/C=C/C2(S(=O)(=O)Nc3onc(C)c3Br)C=CSC2)cc1. The fourth-order valence-corrected chi connectivity index (χ4v) is 5.55. The first-order chi connectivity index (χ1) is 11.8. The second-order valence-corrected chi connectivity index (χ2v) is 9.49. The van der Waals surface area contributed by atoms with Gasteiger partial charge >= 0.3 is 0 Å². The first-order valence-corrected chi connectivity index (χ1v) is 10.8. The van der Waals surface area contributed by atoms with E-state index in [1.165, 1.54) is 11.8 Å². The largest absolute Gasteiger partial charge is 0.336 e. The van der Waals surface area contributed by atoms with Crippen LogP contribution in [0.1, 0.15) is 16.8 Å². The van der Waals surface area contributed by atoms with Gasteiger partial charge in [0.05, 0.1) is 5.69 Å².